The van der Waals surface area contributed by atoms with Crippen molar-refractivity contribution in [3.63, 3.8) is 0 Å². The maximum atomic E-state index is 11.5. The number of amides is 1. The van der Waals surface area contributed by atoms with Gasteiger partial charge in [-0.2, -0.15) is 0 Å². The molecule has 2 aliphatic rings. The Bertz CT molecular complexity index is 753. The molecule has 0 aromatic heterocycles. The first kappa shape index (κ1) is 25.9. The fourth-order valence-corrected chi connectivity index (χ4v) is 3.75. The summed E-state index contributed by atoms with van der Waals surface area (Å²) in [6, 6.07) is 7.89. The highest BCUT2D eigenvalue weighted by atomic mass is 16.7. The van der Waals surface area contributed by atoms with Crippen LogP contribution in [-0.4, -0.2) is 111 Å². The summed E-state index contributed by atoms with van der Waals surface area (Å²) in [5, 5.41) is 63.0. The molecule has 0 saturated carbocycles. The Balaban J connectivity index is 1.64. The van der Waals surface area contributed by atoms with Crippen LogP contribution in [0.3, 0.4) is 0 Å². The Hall–Kier alpha value is -1.71. The molecule has 0 unspecified atom stereocenters. The van der Waals surface area contributed by atoms with Crippen molar-refractivity contribution in [2.75, 3.05) is 13.2 Å². The van der Waals surface area contributed by atoms with Gasteiger partial charge < -0.3 is 54.9 Å². The molecule has 0 aliphatic carbocycles. The minimum absolute atomic E-state index is 0.0809. The van der Waals surface area contributed by atoms with Crippen LogP contribution in [0.1, 0.15) is 12.5 Å². The zero-order valence-corrected chi connectivity index (χ0v) is 18.0. The smallest absolute Gasteiger partial charge is 0.217 e. The quantitative estimate of drug-likeness (QED) is 0.203. The van der Waals surface area contributed by atoms with E-state index >= 15 is 0 Å². The lowest BCUT2D eigenvalue weighted by molar-refractivity contribution is -0.322. The van der Waals surface area contributed by atoms with E-state index < -0.39 is 80.5 Å². The molecule has 10 atom stereocenters. The molecule has 2 fully saturated rings. The van der Waals surface area contributed by atoms with Crippen LogP contribution in [0.2, 0.25) is 0 Å². The van der Waals surface area contributed by atoms with E-state index in [2.05, 4.69) is 5.32 Å². The molecule has 2 saturated heterocycles. The molecule has 3 rings (SSSR count). The lowest BCUT2D eigenvalue weighted by atomic mass is 9.96. The summed E-state index contributed by atoms with van der Waals surface area (Å²) in [4.78, 5) is 11.5. The number of benzene rings is 1. The summed E-state index contributed by atoms with van der Waals surface area (Å²) in [6.07, 6.45) is -12.6. The van der Waals surface area contributed by atoms with Gasteiger partial charge in [0.25, 0.3) is 0 Å². The van der Waals surface area contributed by atoms with E-state index in [0.29, 0.717) is 0 Å². The Morgan fingerprint density at radius 2 is 1.52 bits per heavy atom. The lowest BCUT2D eigenvalue weighted by Crippen LogP contribution is -2.65. The topological polar surface area (TPSA) is 187 Å². The SMILES string of the molecule is CC(=O)N[C@H]1[C@@H](OC[C@H]2O[C@@H](OCc3ccccc3)[C@H](O)[C@@H](O)[C@H]2O)O[C@H](CO)[C@@H](O)[C@@H]1O. The minimum atomic E-state index is -1.59. The van der Waals surface area contributed by atoms with E-state index in [0.717, 1.165) is 5.56 Å². The van der Waals surface area contributed by atoms with Crippen molar-refractivity contribution in [2.24, 2.45) is 0 Å². The molecular weight excluding hydrogens is 442 g/mol. The first-order chi connectivity index (χ1) is 15.7. The third-order valence-corrected chi connectivity index (χ3v) is 5.60. The van der Waals surface area contributed by atoms with Crippen LogP contribution in [0.15, 0.2) is 30.3 Å². The third-order valence-electron chi connectivity index (χ3n) is 5.60. The van der Waals surface area contributed by atoms with Gasteiger partial charge in [0.15, 0.2) is 12.6 Å². The fraction of sp³-hybridized carbons (Fsp3) is 0.667. The molecule has 0 radical (unpaired) electrons. The summed E-state index contributed by atoms with van der Waals surface area (Å²) in [5.41, 5.74) is 0.804. The van der Waals surface area contributed by atoms with Crippen LogP contribution in [0, 0.1) is 0 Å². The van der Waals surface area contributed by atoms with Gasteiger partial charge in [0.1, 0.15) is 48.8 Å². The second-order valence-electron chi connectivity index (χ2n) is 8.08. The standard InChI is InChI=1S/C21H31NO11/c1-10(24)22-14-17(27)15(25)12(7-23)32-20(14)31-9-13-16(26)18(28)19(29)21(33-13)30-8-11-5-3-2-4-6-11/h2-6,12-21,23,25-29H,7-9H2,1H3,(H,22,24)/t12-,13-,14-,15-,16+,17-,18+,19-,20+,21-/m1/s1. The highest BCUT2D eigenvalue weighted by Crippen LogP contribution is 2.26. The van der Waals surface area contributed by atoms with Gasteiger partial charge >= 0.3 is 0 Å². The van der Waals surface area contributed by atoms with Crippen molar-refractivity contribution in [3.05, 3.63) is 35.9 Å². The number of aliphatic hydroxyl groups is 6. The van der Waals surface area contributed by atoms with Gasteiger partial charge in [0.05, 0.1) is 19.8 Å². The van der Waals surface area contributed by atoms with Gasteiger partial charge in [0, 0.05) is 6.92 Å². The van der Waals surface area contributed by atoms with E-state index in [1.165, 1.54) is 6.92 Å². The van der Waals surface area contributed by atoms with Crippen LogP contribution >= 0.6 is 0 Å². The monoisotopic (exact) mass is 473 g/mol. The van der Waals surface area contributed by atoms with E-state index in [9.17, 15) is 35.4 Å². The largest absolute Gasteiger partial charge is 0.394 e. The van der Waals surface area contributed by atoms with Crippen molar-refractivity contribution in [3.8, 4) is 0 Å². The second-order valence-corrected chi connectivity index (χ2v) is 8.08. The molecule has 1 amide bonds. The molecule has 186 valence electrons. The van der Waals surface area contributed by atoms with Crippen molar-refractivity contribution in [2.45, 2.75) is 74.9 Å². The molecule has 7 N–H and O–H groups in total. The maximum absolute atomic E-state index is 11.5. The van der Waals surface area contributed by atoms with Crippen molar-refractivity contribution in [1.82, 2.24) is 5.32 Å². The number of carbonyl (C=O) groups excluding carboxylic acids is 1. The van der Waals surface area contributed by atoms with Crippen LogP contribution in [-0.2, 0) is 30.3 Å². The van der Waals surface area contributed by atoms with Gasteiger partial charge in [-0.25, -0.2) is 0 Å². The second kappa shape index (κ2) is 11.6. The van der Waals surface area contributed by atoms with Crippen LogP contribution in [0.5, 0.6) is 0 Å². The molecule has 1 aromatic rings. The zero-order chi connectivity index (χ0) is 24.1. The van der Waals surface area contributed by atoms with Crippen molar-refractivity contribution in [1.29, 1.82) is 0 Å². The number of aliphatic hydroxyl groups excluding tert-OH is 6. The van der Waals surface area contributed by atoms with Gasteiger partial charge in [-0.3, -0.25) is 4.79 Å². The Labute approximate surface area is 190 Å². The number of ether oxygens (including phenoxy) is 4. The molecule has 1 aromatic carbocycles. The first-order valence-corrected chi connectivity index (χ1v) is 10.6. The average Bonchev–Trinajstić information content (AvgIpc) is 2.81. The summed E-state index contributed by atoms with van der Waals surface area (Å²) in [7, 11) is 0. The molecule has 12 nitrogen and oxygen atoms in total. The molecule has 0 bridgehead atoms. The number of hydrogen-bond donors (Lipinski definition) is 7. The van der Waals surface area contributed by atoms with E-state index in [-0.39, 0.29) is 6.61 Å². The lowest BCUT2D eigenvalue weighted by Gasteiger charge is -2.44. The molecule has 33 heavy (non-hydrogen) atoms. The summed E-state index contributed by atoms with van der Waals surface area (Å²) in [5.74, 6) is -0.521. The normalized spacial score (nSPS) is 39.2. The van der Waals surface area contributed by atoms with E-state index in [1.54, 1.807) is 12.1 Å². The highest BCUT2D eigenvalue weighted by molar-refractivity contribution is 5.73. The molecule has 2 heterocycles. The predicted octanol–water partition coefficient (Wildman–Crippen LogP) is -3.03. The molecule has 0 spiro atoms. The summed E-state index contributed by atoms with van der Waals surface area (Å²) < 4.78 is 22.2. The van der Waals surface area contributed by atoms with Crippen molar-refractivity contribution < 1.29 is 54.4 Å². The molecule has 2 aliphatic heterocycles. The van der Waals surface area contributed by atoms with E-state index in [1.807, 2.05) is 18.2 Å². The van der Waals surface area contributed by atoms with Gasteiger partial charge in [-0.1, -0.05) is 30.3 Å². The number of rotatable bonds is 8. The van der Waals surface area contributed by atoms with E-state index in [4.69, 9.17) is 18.9 Å². The van der Waals surface area contributed by atoms with Crippen LogP contribution in [0.25, 0.3) is 0 Å². The minimum Gasteiger partial charge on any atom is -0.394 e. The fourth-order valence-electron chi connectivity index (χ4n) is 3.75. The van der Waals surface area contributed by atoms with Gasteiger partial charge in [0.2, 0.25) is 5.91 Å². The number of carbonyl (C=O) groups is 1. The third kappa shape index (κ3) is 6.25. The zero-order valence-electron chi connectivity index (χ0n) is 18.0. The highest BCUT2D eigenvalue weighted by Gasteiger charge is 2.48. The summed E-state index contributed by atoms with van der Waals surface area (Å²) >= 11 is 0. The Morgan fingerprint density at radius 1 is 0.879 bits per heavy atom. The maximum Gasteiger partial charge on any atom is 0.217 e. The van der Waals surface area contributed by atoms with Gasteiger partial charge in [-0.15, -0.1) is 0 Å². The number of hydrogen-bond acceptors (Lipinski definition) is 11. The summed E-state index contributed by atoms with van der Waals surface area (Å²) in [6.45, 7) is 0.276. The van der Waals surface area contributed by atoms with Crippen LogP contribution < -0.4 is 5.32 Å². The first-order valence-electron chi connectivity index (χ1n) is 10.6. The Morgan fingerprint density at radius 3 is 2.15 bits per heavy atom. The molecule has 12 heteroatoms. The average molecular weight is 473 g/mol. The number of nitrogens with one attached hydrogen (secondary N) is 1. The Kier molecular flexibility index (Phi) is 9.12. The molecular formula is C21H31NO11. The van der Waals surface area contributed by atoms with Gasteiger partial charge in [-0.05, 0) is 5.56 Å². The predicted molar refractivity (Wildman–Crippen MR) is 109 cm³/mol. The van der Waals surface area contributed by atoms with Crippen molar-refractivity contribution >= 4 is 5.91 Å². The van der Waals surface area contributed by atoms with Crippen LogP contribution in [0.4, 0.5) is 0 Å².